The van der Waals surface area contributed by atoms with Gasteiger partial charge in [-0.1, -0.05) is 13.8 Å². The average Bonchev–Trinajstić information content (AvgIpc) is 2.20. The first-order chi connectivity index (χ1) is 7.13. The molecule has 2 N–H and O–H groups in total. The molecule has 1 fully saturated rings. The van der Waals surface area contributed by atoms with Gasteiger partial charge in [0.15, 0.2) is 0 Å². The lowest BCUT2D eigenvalue weighted by Crippen LogP contribution is -2.41. The van der Waals surface area contributed by atoms with E-state index in [0.29, 0.717) is 18.7 Å². The molecular weight excluding hydrogens is 186 g/mol. The summed E-state index contributed by atoms with van der Waals surface area (Å²) in [6.45, 7) is 7.30. The highest BCUT2D eigenvalue weighted by Crippen LogP contribution is 2.29. The number of hydrogen-bond acceptors (Lipinski definition) is 2. The molecule has 0 bridgehead atoms. The Hall–Kier alpha value is -0.0800. The van der Waals surface area contributed by atoms with Crippen LogP contribution in [0.25, 0.3) is 0 Å². The van der Waals surface area contributed by atoms with Crippen LogP contribution >= 0.6 is 0 Å². The van der Waals surface area contributed by atoms with E-state index in [-0.39, 0.29) is 0 Å². The van der Waals surface area contributed by atoms with Crippen molar-refractivity contribution in [2.75, 3.05) is 6.61 Å². The second-order valence-electron chi connectivity index (χ2n) is 5.40. The fourth-order valence-electron chi connectivity index (χ4n) is 2.58. The standard InChI is InChI=1S/C13H27NO/c1-10-6-7-13(9-11(10)2)14-12(3)5-4-8-15/h10-15H,4-9H2,1-3H3/t10-,11-,12-,13-/m0/s1. The highest BCUT2D eigenvalue weighted by molar-refractivity contribution is 4.81. The van der Waals surface area contributed by atoms with Crippen LogP contribution in [-0.4, -0.2) is 23.8 Å². The summed E-state index contributed by atoms with van der Waals surface area (Å²) >= 11 is 0. The van der Waals surface area contributed by atoms with Gasteiger partial charge in [-0.05, 0) is 50.9 Å². The fraction of sp³-hybridized carbons (Fsp3) is 1.00. The molecule has 15 heavy (non-hydrogen) atoms. The first-order valence-electron chi connectivity index (χ1n) is 6.50. The Morgan fingerprint density at radius 3 is 2.60 bits per heavy atom. The molecular formula is C13H27NO. The quantitative estimate of drug-likeness (QED) is 0.735. The third-order valence-corrected chi connectivity index (χ3v) is 3.91. The zero-order valence-corrected chi connectivity index (χ0v) is 10.5. The molecule has 0 amide bonds. The number of aliphatic hydroxyl groups is 1. The molecule has 90 valence electrons. The number of hydrogen-bond donors (Lipinski definition) is 2. The van der Waals surface area contributed by atoms with Gasteiger partial charge in [-0.2, -0.15) is 0 Å². The van der Waals surface area contributed by atoms with Crippen molar-refractivity contribution in [3.8, 4) is 0 Å². The Kier molecular flexibility index (Phi) is 5.62. The molecule has 1 aliphatic rings. The minimum atomic E-state index is 0.324. The smallest absolute Gasteiger partial charge is 0.0431 e. The minimum absolute atomic E-state index is 0.324. The molecule has 1 rings (SSSR count). The van der Waals surface area contributed by atoms with Gasteiger partial charge in [0, 0.05) is 18.7 Å². The maximum Gasteiger partial charge on any atom is 0.0431 e. The van der Waals surface area contributed by atoms with E-state index in [2.05, 4.69) is 26.1 Å². The van der Waals surface area contributed by atoms with E-state index in [1.807, 2.05) is 0 Å². The molecule has 0 spiro atoms. The fourth-order valence-corrected chi connectivity index (χ4v) is 2.58. The Bertz CT molecular complexity index is 172. The van der Waals surface area contributed by atoms with Gasteiger partial charge in [-0.15, -0.1) is 0 Å². The van der Waals surface area contributed by atoms with E-state index in [4.69, 9.17) is 5.11 Å². The Balaban J connectivity index is 2.21. The first kappa shape index (κ1) is 13.0. The van der Waals surface area contributed by atoms with E-state index in [0.717, 1.165) is 24.7 Å². The van der Waals surface area contributed by atoms with Crippen LogP contribution in [0, 0.1) is 11.8 Å². The number of rotatable bonds is 5. The van der Waals surface area contributed by atoms with Crippen molar-refractivity contribution in [1.82, 2.24) is 5.32 Å². The van der Waals surface area contributed by atoms with Gasteiger partial charge >= 0.3 is 0 Å². The van der Waals surface area contributed by atoms with Crippen molar-refractivity contribution in [1.29, 1.82) is 0 Å². The summed E-state index contributed by atoms with van der Waals surface area (Å²) < 4.78 is 0. The molecule has 0 unspecified atom stereocenters. The first-order valence-corrected chi connectivity index (χ1v) is 6.50. The molecule has 0 aromatic carbocycles. The largest absolute Gasteiger partial charge is 0.396 e. The molecule has 0 saturated heterocycles. The van der Waals surface area contributed by atoms with Gasteiger partial charge < -0.3 is 10.4 Å². The van der Waals surface area contributed by atoms with Crippen LogP contribution in [0.1, 0.15) is 52.9 Å². The zero-order valence-electron chi connectivity index (χ0n) is 10.5. The van der Waals surface area contributed by atoms with Crippen molar-refractivity contribution >= 4 is 0 Å². The minimum Gasteiger partial charge on any atom is -0.396 e. The summed E-state index contributed by atoms with van der Waals surface area (Å²) in [7, 11) is 0. The summed E-state index contributed by atoms with van der Waals surface area (Å²) in [6, 6.07) is 1.27. The van der Waals surface area contributed by atoms with Gasteiger partial charge in [0.1, 0.15) is 0 Å². The topological polar surface area (TPSA) is 32.3 Å². The van der Waals surface area contributed by atoms with Gasteiger partial charge in [0.05, 0.1) is 0 Å². The predicted molar refractivity (Wildman–Crippen MR) is 64.9 cm³/mol. The van der Waals surface area contributed by atoms with E-state index >= 15 is 0 Å². The molecule has 1 saturated carbocycles. The van der Waals surface area contributed by atoms with Crippen molar-refractivity contribution < 1.29 is 5.11 Å². The number of nitrogens with one attached hydrogen (secondary N) is 1. The van der Waals surface area contributed by atoms with E-state index < -0.39 is 0 Å². The maximum atomic E-state index is 8.77. The van der Waals surface area contributed by atoms with Crippen LogP contribution in [-0.2, 0) is 0 Å². The summed E-state index contributed by atoms with van der Waals surface area (Å²) in [4.78, 5) is 0. The lowest BCUT2D eigenvalue weighted by molar-refractivity contribution is 0.210. The van der Waals surface area contributed by atoms with Gasteiger partial charge in [-0.25, -0.2) is 0 Å². The highest BCUT2D eigenvalue weighted by atomic mass is 16.2. The molecule has 2 heteroatoms. The van der Waals surface area contributed by atoms with Crippen LogP contribution in [0.15, 0.2) is 0 Å². The van der Waals surface area contributed by atoms with Crippen molar-refractivity contribution in [3.05, 3.63) is 0 Å². The normalized spacial score (nSPS) is 34.0. The van der Waals surface area contributed by atoms with Crippen LogP contribution in [0.2, 0.25) is 0 Å². The monoisotopic (exact) mass is 213 g/mol. The number of aliphatic hydroxyl groups excluding tert-OH is 1. The molecule has 0 aromatic rings. The second kappa shape index (κ2) is 6.49. The Labute approximate surface area is 94.5 Å². The third kappa shape index (κ3) is 4.52. The van der Waals surface area contributed by atoms with Crippen LogP contribution < -0.4 is 5.32 Å². The molecule has 1 aliphatic carbocycles. The van der Waals surface area contributed by atoms with Crippen LogP contribution in [0.3, 0.4) is 0 Å². The molecule has 4 atom stereocenters. The average molecular weight is 213 g/mol. The maximum absolute atomic E-state index is 8.77. The lowest BCUT2D eigenvalue weighted by atomic mass is 9.79. The van der Waals surface area contributed by atoms with Crippen molar-refractivity contribution in [2.24, 2.45) is 11.8 Å². The van der Waals surface area contributed by atoms with E-state index in [9.17, 15) is 0 Å². The Morgan fingerprint density at radius 1 is 1.27 bits per heavy atom. The van der Waals surface area contributed by atoms with Crippen LogP contribution in [0.4, 0.5) is 0 Å². The van der Waals surface area contributed by atoms with E-state index in [1.165, 1.54) is 19.3 Å². The summed E-state index contributed by atoms with van der Waals surface area (Å²) in [5.41, 5.74) is 0. The predicted octanol–water partition coefficient (Wildman–Crippen LogP) is 2.56. The zero-order chi connectivity index (χ0) is 11.3. The lowest BCUT2D eigenvalue weighted by Gasteiger charge is -2.34. The molecule has 0 aliphatic heterocycles. The SMILES string of the molecule is C[C@@H](CCCO)N[C@H]1CC[C@H](C)[C@@H](C)C1. The molecule has 0 aromatic heterocycles. The third-order valence-electron chi connectivity index (χ3n) is 3.91. The van der Waals surface area contributed by atoms with Gasteiger partial charge in [0.2, 0.25) is 0 Å². The molecule has 0 radical (unpaired) electrons. The van der Waals surface area contributed by atoms with Crippen molar-refractivity contribution in [2.45, 2.75) is 65.0 Å². The molecule has 2 nitrogen and oxygen atoms in total. The summed E-state index contributed by atoms with van der Waals surface area (Å²) in [6.07, 6.45) is 6.04. The van der Waals surface area contributed by atoms with Crippen LogP contribution in [0.5, 0.6) is 0 Å². The Morgan fingerprint density at radius 2 is 2.00 bits per heavy atom. The van der Waals surface area contributed by atoms with E-state index in [1.54, 1.807) is 0 Å². The van der Waals surface area contributed by atoms with Gasteiger partial charge in [-0.3, -0.25) is 0 Å². The summed E-state index contributed by atoms with van der Waals surface area (Å²) in [5, 5.41) is 12.5. The summed E-state index contributed by atoms with van der Waals surface area (Å²) in [5.74, 6) is 1.76. The highest BCUT2D eigenvalue weighted by Gasteiger charge is 2.24. The second-order valence-corrected chi connectivity index (χ2v) is 5.40. The molecule has 0 heterocycles. The van der Waals surface area contributed by atoms with Gasteiger partial charge in [0.25, 0.3) is 0 Å². The van der Waals surface area contributed by atoms with Crippen molar-refractivity contribution in [3.63, 3.8) is 0 Å².